The van der Waals surface area contributed by atoms with Gasteiger partial charge in [-0.15, -0.1) is 0 Å². The van der Waals surface area contributed by atoms with Crippen molar-refractivity contribution in [3.8, 4) is 5.69 Å². The largest absolute Gasteiger partial charge is 0.319 e. The van der Waals surface area contributed by atoms with Gasteiger partial charge in [-0.3, -0.25) is 0 Å². The van der Waals surface area contributed by atoms with Crippen molar-refractivity contribution >= 4 is 0 Å². The minimum atomic E-state index is -0.201. The number of rotatable bonds is 6. The third-order valence-electron chi connectivity index (χ3n) is 3.85. The lowest BCUT2D eigenvalue weighted by Crippen LogP contribution is -2.12. The van der Waals surface area contributed by atoms with E-state index >= 15 is 0 Å². The fourth-order valence-corrected chi connectivity index (χ4v) is 2.78. The number of benzene rings is 1. The summed E-state index contributed by atoms with van der Waals surface area (Å²) in [7, 11) is 1.96. The molecule has 0 atom stereocenters. The molecule has 0 unspecified atom stereocenters. The van der Waals surface area contributed by atoms with Crippen LogP contribution in [0.25, 0.3) is 5.69 Å². The summed E-state index contributed by atoms with van der Waals surface area (Å²) in [5, 5.41) is 7.98. The van der Waals surface area contributed by atoms with Gasteiger partial charge in [-0.05, 0) is 69.1 Å². The fraction of sp³-hybridized carbons (Fsp3) is 0.471. The van der Waals surface area contributed by atoms with E-state index < -0.39 is 0 Å². The minimum absolute atomic E-state index is 0.201. The highest BCUT2D eigenvalue weighted by Crippen LogP contribution is 2.23. The SMILES string of the molecule is CCc1nn(-c2ccc(F)cc2C)c(CC)c1CCNC. The first kappa shape index (κ1) is 15.7. The molecule has 114 valence electrons. The molecule has 0 saturated carbocycles. The predicted octanol–water partition coefficient (Wildman–Crippen LogP) is 3.21. The Morgan fingerprint density at radius 3 is 2.57 bits per heavy atom. The molecule has 0 amide bonds. The first-order valence-electron chi connectivity index (χ1n) is 7.63. The topological polar surface area (TPSA) is 29.9 Å². The summed E-state index contributed by atoms with van der Waals surface area (Å²) in [6.45, 7) is 7.15. The molecule has 1 aromatic carbocycles. The lowest BCUT2D eigenvalue weighted by atomic mass is 10.1. The zero-order chi connectivity index (χ0) is 15.4. The van der Waals surface area contributed by atoms with Crippen molar-refractivity contribution in [1.82, 2.24) is 15.1 Å². The molecule has 4 heteroatoms. The molecule has 0 fully saturated rings. The van der Waals surface area contributed by atoms with Gasteiger partial charge >= 0.3 is 0 Å². The second-order valence-corrected chi connectivity index (χ2v) is 5.28. The second-order valence-electron chi connectivity index (χ2n) is 5.28. The van der Waals surface area contributed by atoms with Gasteiger partial charge < -0.3 is 5.32 Å². The first-order chi connectivity index (χ1) is 10.1. The van der Waals surface area contributed by atoms with Crippen molar-refractivity contribution in [2.45, 2.75) is 40.0 Å². The summed E-state index contributed by atoms with van der Waals surface area (Å²) >= 11 is 0. The first-order valence-corrected chi connectivity index (χ1v) is 7.63. The van der Waals surface area contributed by atoms with Gasteiger partial charge in [0.25, 0.3) is 0 Å². The van der Waals surface area contributed by atoms with Gasteiger partial charge in [0.05, 0.1) is 11.4 Å². The van der Waals surface area contributed by atoms with Crippen LogP contribution < -0.4 is 5.32 Å². The van der Waals surface area contributed by atoms with E-state index in [9.17, 15) is 4.39 Å². The molecule has 0 radical (unpaired) electrons. The number of aryl methyl sites for hydroxylation is 2. The molecule has 2 rings (SSSR count). The van der Waals surface area contributed by atoms with E-state index in [4.69, 9.17) is 5.10 Å². The van der Waals surface area contributed by atoms with Gasteiger partial charge in [-0.25, -0.2) is 9.07 Å². The van der Waals surface area contributed by atoms with E-state index in [1.54, 1.807) is 6.07 Å². The van der Waals surface area contributed by atoms with Gasteiger partial charge in [-0.1, -0.05) is 13.8 Å². The van der Waals surface area contributed by atoms with E-state index in [1.807, 2.05) is 24.7 Å². The Kier molecular flexibility index (Phi) is 5.12. The van der Waals surface area contributed by atoms with Crippen LogP contribution in [-0.4, -0.2) is 23.4 Å². The zero-order valence-corrected chi connectivity index (χ0v) is 13.3. The Labute approximate surface area is 126 Å². The standard InChI is InChI=1S/C17H24FN3/c1-5-15-14(9-10-19-4)16(6-2)21(20-15)17-8-7-13(18)11-12(17)3/h7-8,11,19H,5-6,9-10H2,1-4H3. The third kappa shape index (κ3) is 3.16. The van der Waals surface area contributed by atoms with Crippen LogP contribution >= 0.6 is 0 Å². The average Bonchev–Trinajstić information content (AvgIpc) is 2.82. The monoisotopic (exact) mass is 289 g/mol. The normalized spacial score (nSPS) is 11.1. The maximum Gasteiger partial charge on any atom is 0.123 e. The molecule has 0 saturated heterocycles. The molecule has 2 aromatic rings. The van der Waals surface area contributed by atoms with Gasteiger partial charge in [0.15, 0.2) is 0 Å². The van der Waals surface area contributed by atoms with Crippen molar-refractivity contribution in [1.29, 1.82) is 0 Å². The molecule has 0 aliphatic rings. The highest BCUT2D eigenvalue weighted by atomic mass is 19.1. The van der Waals surface area contributed by atoms with E-state index in [-0.39, 0.29) is 5.82 Å². The van der Waals surface area contributed by atoms with Crippen LogP contribution in [0.1, 0.15) is 36.4 Å². The van der Waals surface area contributed by atoms with Crippen LogP contribution in [0.4, 0.5) is 4.39 Å². The van der Waals surface area contributed by atoms with Gasteiger partial charge in [0.2, 0.25) is 0 Å². The Hall–Kier alpha value is -1.68. The number of nitrogens with zero attached hydrogens (tertiary/aromatic N) is 2. The number of hydrogen-bond acceptors (Lipinski definition) is 2. The molecule has 0 aliphatic carbocycles. The van der Waals surface area contributed by atoms with Gasteiger partial charge in [-0.2, -0.15) is 5.10 Å². The van der Waals surface area contributed by atoms with Crippen molar-refractivity contribution in [3.63, 3.8) is 0 Å². The van der Waals surface area contributed by atoms with Crippen LogP contribution in [0, 0.1) is 12.7 Å². The number of aromatic nitrogens is 2. The smallest absolute Gasteiger partial charge is 0.123 e. The Bertz CT molecular complexity index is 617. The Balaban J connectivity index is 2.55. The van der Waals surface area contributed by atoms with Gasteiger partial charge in [0.1, 0.15) is 5.82 Å². The van der Waals surface area contributed by atoms with Crippen molar-refractivity contribution in [2.75, 3.05) is 13.6 Å². The molecule has 1 aromatic heterocycles. The summed E-state index contributed by atoms with van der Waals surface area (Å²) in [5.74, 6) is -0.201. The van der Waals surface area contributed by atoms with Crippen molar-refractivity contribution in [3.05, 3.63) is 46.5 Å². The molecule has 3 nitrogen and oxygen atoms in total. The molecule has 0 bridgehead atoms. The lowest BCUT2D eigenvalue weighted by Gasteiger charge is -2.10. The summed E-state index contributed by atoms with van der Waals surface area (Å²) in [6.07, 6.45) is 2.81. The van der Waals surface area contributed by atoms with Crippen LogP contribution in [0.3, 0.4) is 0 Å². The molecule has 0 spiro atoms. The van der Waals surface area contributed by atoms with Crippen LogP contribution in [-0.2, 0) is 19.3 Å². The van der Waals surface area contributed by atoms with Crippen LogP contribution in [0.5, 0.6) is 0 Å². The van der Waals surface area contributed by atoms with Crippen LogP contribution in [0.15, 0.2) is 18.2 Å². The number of likely N-dealkylation sites (N-methyl/N-ethyl adjacent to an activating group) is 1. The van der Waals surface area contributed by atoms with Crippen molar-refractivity contribution < 1.29 is 4.39 Å². The summed E-state index contributed by atoms with van der Waals surface area (Å²) in [4.78, 5) is 0. The molecular formula is C17H24FN3. The van der Waals surface area contributed by atoms with Gasteiger partial charge in [0, 0.05) is 5.69 Å². The quantitative estimate of drug-likeness (QED) is 0.885. The van der Waals surface area contributed by atoms with Crippen LogP contribution in [0.2, 0.25) is 0 Å². The zero-order valence-electron chi connectivity index (χ0n) is 13.3. The average molecular weight is 289 g/mol. The highest BCUT2D eigenvalue weighted by Gasteiger charge is 2.17. The number of halogens is 1. The van der Waals surface area contributed by atoms with E-state index in [0.717, 1.165) is 42.8 Å². The van der Waals surface area contributed by atoms with E-state index in [0.29, 0.717) is 0 Å². The minimum Gasteiger partial charge on any atom is -0.319 e. The lowest BCUT2D eigenvalue weighted by molar-refractivity contribution is 0.625. The summed E-state index contributed by atoms with van der Waals surface area (Å²) in [6, 6.07) is 4.88. The second kappa shape index (κ2) is 6.85. The number of hydrogen-bond donors (Lipinski definition) is 1. The van der Waals surface area contributed by atoms with E-state index in [2.05, 4.69) is 19.2 Å². The fourth-order valence-electron chi connectivity index (χ4n) is 2.78. The molecular weight excluding hydrogens is 265 g/mol. The molecule has 1 N–H and O–H groups in total. The maximum absolute atomic E-state index is 13.3. The number of nitrogens with one attached hydrogen (secondary N) is 1. The highest BCUT2D eigenvalue weighted by molar-refractivity contribution is 5.43. The molecule has 21 heavy (non-hydrogen) atoms. The molecule has 0 aliphatic heterocycles. The molecule has 1 heterocycles. The summed E-state index contributed by atoms with van der Waals surface area (Å²) < 4.78 is 15.3. The van der Waals surface area contributed by atoms with Crippen molar-refractivity contribution in [2.24, 2.45) is 0 Å². The third-order valence-corrected chi connectivity index (χ3v) is 3.85. The predicted molar refractivity (Wildman–Crippen MR) is 84.6 cm³/mol. The Morgan fingerprint density at radius 1 is 1.24 bits per heavy atom. The maximum atomic E-state index is 13.3. The Morgan fingerprint density at radius 2 is 2.00 bits per heavy atom. The van der Waals surface area contributed by atoms with E-state index in [1.165, 1.54) is 17.3 Å². The summed E-state index contributed by atoms with van der Waals surface area (Å²) in [5.41, 5.74) is 5.59.